The number of benzene rings is 1. The molecular weight excluding hydrogens is 314 g/mol. The molecule has 5 heteroatoms. The van der Waals surface area contributed by atoms with Gasteiger partial charge in [0.15, 0.2) is 0 Å². The summed E-state index contributed by atoms with van der Waals surface area (Å²) in [5.41, 5.74) is 5.48. The summed E-state index contributed by atoms with van der Waals surface area (Å²) in [4.78, 5) is 23.3. The van der Waals surface area contributed by atoms with Crippen molar-refractivity contribution in [2.24, 2.45) is 5.92 Å². The first-order chi connectivity index (χ1) is 12.2. The van der Waals surface area contributed by atoms with Gasteiger partial charge in [-0.05, 0) is 49.8 Å². The molecule has 25 heavy (non-hydrogen) atoms. The lowest BCUT2D eigenvalue weighted by Gasteiger charge is -2.13. The molecule has 3 aromatic rings. The van der Waals surface area contributed by atoms with E-state index < -0.39 is 0 Å². The molecule has 1 aliphatic carbocycles. The maximum Gasteiger partial charge on any atom is 0.237 e. The van der Waals surface area contributed by atoms with Crippen molar-refractivity contribution in [1.29, 1.82) is 0 Å². The van der Waals surface area contributed by atoms with Crippen LogP contribution in [0, 0.1) is 12.8 Å². The summed E-state index contributed by atoms with van der Waals surface area (Å²) in [6, 6.07) is 6.23. The number of rotatable bonds is 6. The van der Waals surface area contributed by atoms with E-state index in [0.717, 1.165) is 41.2 Å². The summed E-state index contributed by atoms with van der Waals surface area (Å²) in [6.45, 7) is 4.71. The van der Waals surface area contributed by atoms with Crippen LogP contribution in [0.25, 0.3) is 22.3 Å². The molecule has 0 spiro atoms. The molecule has 0 bridgehead atoms. The van der Waals surface area contributed by atoms with Crippen LogP contribution in [0.2, 0.25) is 0 Å². The summed E-state index contributed by atoms with van der Waals surface area (Å²) < 4.78 is 6.08. The van der Waals surface area contributed by atoms with E-state index in [-0.39, 0.29) is 0 Å². The Bertz CT molecular complexity index is 942. The Morgan fingerprint density at radius 1 is 1.32 bits per heavy atom. The molecule has 4 rings (SSSR count). The predicted octanol–water partition coefficient (Wildman–Crippen LogP) is 3.74. The summed E-state index contributed by atoms with van der Waals surface area (Å²) in [6.07, 6.45) is 6.90. The number of aromatic amines is 1. The van der Waals surface area contributed by atoms with Crippen LogP contribution in [0.5, 0.6) is 5.75 Å². The van der Waals surface area contributed by atoms with Gasteiger partial charge in [-0.25, -0.2) is 9.97 Å². The average Bonchev–Trinajstić information content (AvgIpc) is 3.40. The fourth-order valence-electron chi connectivity index (χ4n) is 3.05. The number of aromatic nitrogens is 3. The van der Waals surface area contributed by atoms with E-state index in [2.05, 4.69) is 34.0 Å². The van der Waals surface area contributed by atoms with Crippen molar-refractivity contribution < 1.29 is 9.53 Å². The second-order valence-corrected chi connectivity index (χ2v) is 6.61. The van der Waals surface area contributed by atoms with Crippen LogP contribution in [0.15, 0.2) is 24.5 Å². The number of nitrogens with one attached hydrogen (secondary N) is 1. The summed E-state index contributed by atoms with van der Waals surface area (Å²) >= 11 is 0. The second-order valence-electron chi connectivity index (χ2n) is 6.61. The molecule has 0 aliphatic heterocycles. The standard InChI is InChI=1S/C20H20N3O2/c1-3-13-6-7-17(25-10-14-4-5-14)15(8-13)18-20-19(22-11-21-18)16(9-24)12(2)23-20/h6-8,11,14,23H,3-5,10H2,1-2H3. The minimum atomic E-state index is 0.464. The van der Waals surface area contributed by atoms with Crippen molar-refractivity contribution in [3.05, 3.63) is 41.3 Å². The lowest BCUT2D eigenvalue weighted by atomic mass is 10.0. The van der Waals surface area contributed by atoms with Gasteiger partial charge in [-0.15, -0.1) is 0 Å². The van der Waals surface area contributed by atoms with Gasteiger partial charge in [-0.3, -0.25) is 4.79 Å². The van der Waals surface area contributed by atoms with Gasteiger partial charge in [-0.2, -0.15) is 0 Å². The summed E-state index contributed by atoms with van der Waals surface area (Å²) in [5, 5.41) is 0. The molecule has 1 radical (unpaired) electrons. The third-order valence-corrected chi connectivity index (χ3v) is 4.75. The summed E-state index contributed by atoms with van der Waals surface area (Å²) in [5.74, 6) is 1.50. The van der Waals surface area contributed by atoms with E-state index in [1.54, 1.807) is 0 Å². The zero-order chi connectivity index (χ0) is 17.4. The Morgan fingerprint density at radius 2 is 2.16 bits per heavy atom. The Morgan fingerprint density at radius 3 is 2.88 bits per heavy atom. The molecular formula is C20H20N3O2. The van der Waals surface area contributed by atoms with Gasteiger partial charge >= 0.3 is 0 Å². The SMILES string of the molecule is CCc1ccc(OCC2CC2)c(-c2ncnc3c([C]=O)c(C)[nH]c23)c1. The van der Waals surface area contributed by atoms with Gasteiger partial charge in [0, 0.05) is 11.3 Å². The maximum atomic E-state index is 11.3. The highest BCUT2D eigenvalue weighted by Crippen LogP contribution is 2.36. The molecule has 1 fully saturated rings. The number of carbonyl (C=O) groups excluding carboxylic acids is 1. The van der Waals surface area contributed by atoms with E-state index in [1.807, 2.05) is 19.3 Å². The summed E-state index contributed by atoms with van der Waals surface area (Å²) in [7, 11) is 0. The number of fused-ring (bicyclic) bond motifs is 1. The van der Waals surface area contributed by atoms with Gasteiger partial charge in [0.1, 0.15) is 23.3 Å². The number of hydrogen-bond donors (Lipinski definition) is 1. The molecule has 0 amide bonds. The van der Waals surface area contributed by atoms with Crippen molar-refractivity contribution in [2.75, 3.05) is 6.61 Å². The highest BCUT2D eigenvalue weighted by Gasteiger charge is 2.23. The number of nitrogens with zero attached hydrogens (tertiary/aromatic N) is 2. The monoisotopic (exact) mass is 334 g/mol. The number of H-pyrrole nitrogens is 1. The molecule has 0 saturated heterocycles. The molecule has 1 aromatic carbocycles. The Labute approximate surface area is 146 Å². The lowest BCUT2D eigenvalue weighted by molar-refractivity contribution is 0.301. The fourth-order valence-corrected chi connectivity index (χ4v) is 3.05. The molecule has 1 saturated carbocycles. The molecule has 2 heterocycles. The van der Waals surface area contributed by atoms with Crippen molar-refractivity contribution >= 4 is 17.3 Å². The zero-order valence-corrected chi connectivity index (χ0v) is 14.4. The van der Waals surface area contributed by atoms with E-state index >= 15 is 0 Å². The van der Waals surface area contributed by atoms with Gasteiger partial charge in [0.05, 0.1) is 17.7 Å². The second kappa shape index (κ2) is 6.31. The minimum absolute atomic E-state index is 0.464. The Balaban J connectivity index is 1.87. The molecule has 1 aliphatic rings. The van der Waals surface area contributed by atoms with Crippen LogP contribution in [0.4, 0.5) is 0 Å². The maximum absolute atomic E-state index is 11.3. The van der Waals surface area contributed by atoms with Crippen LogP contribution >= 0.6 is 0 Å². The van der Waals surface area contributed by atoms with Crippen LogP contribution < -0.4 is 4.74 Å². The van der Waals surface area contributed by atoms with Gasteiger partial charge in [0.2, 0.25) is 6.29 Å². The van der Waals surface area contributed by atoms with E-state index in [9.17, 15) is 4.79 Å². The molecule has 0 unspecified atom stereocenters. The highest BCUT2D eigenvalue weighted by molar-refractivity contribution is 6.02. The predicted molar refractivity (Wildman–Crippen MR) is 96.5 cm³/mol. The Kier molecular flexibility index (Phi) is 3.99. The number of ether oxygens (including phenoxy) is 1. The normalized spacial score (nSPS) is 14.0. The lowest BCUT2D eigenvalue weighted by Crippen LogP contribution is -2.02. The first-order valence-corrected chi connectivity index (χ1v) is 8.68. The quantitative estimate of drug-likeness (QED) is 0.745. The topological polar surface area (TPSA) is 67.9 Å². The molecule has 5 nitrogen and oxygen atoms in total. The first-order valence-electron chi connectivity index (χ1n) is 8.68. The van der Waals surface area contributed by atoms with E-state index in [4.69, 9.17) is 4.74 Å². The molecule has 1 N–H and O–H groups in total. The molecule has 127 valence electrons. The van der Waals surface area contributed by atoms with Gasteiger partial charge in [0.25, 0.3) is 0 Å². The van der Waals surface area contributed by atoms with Gasteiger partial charge < -0.3 is 9.72 Å². The Hall–Kier alpha value is -2.69. The van der Waals surface area contributed by atoms with Crippen LogP contribution in [-0.2, 0) is 11.2 Å². The van der Waals surface area contributed by atoms with Gasteiger partial charge in [-0.1, -0.05) is 13.0 Å². The largest absolute Gasteiger partial charge is 0.493 e. The number of hydrogen-bond acceptors (Lipinski definition) is 4. The van der Waals surface area contributed by atoms with Crippen LogP contribution in [0.3, 0.4) is 0 Å². The van der Waals surface area contributed by atoms with Crippen molar-refractivity contribution in [1.82, 2.24) is 15.0 Å². The first kappa shape index (κ1) is 15.8. The molecule has 2 aromatic heterocycles. The van der Waals surface area contributed by atoms with Crippen LogP contribution in [-0.4, -0.2) is 27.8 Å². The smallest absolute Gasteiger partial charge is 0.237 e. The third kappa shape index (κ3) is 2.90. The van der Waals surface area contributed by atoms with Crippen molar-refractivity contribution in [3.63, 3.8) is 0 Å². The van der Waals surface area contributed by atoms with Crippen molar-refractivity contribution in [2.45, 2.75) is 33.1 Å². The van der Waals surface area contributed by atoms with E-state index in [0.29, 0.717) is 17.0 Å². The van der Waals surface area contributed by atoms with Crippen LogP contribution in [0.1, 0.15) is 36.6 Å². The molecule has 0 atom stereocenters. The highest BCUT2D eigenvalue weighted by atomic mass is 16.5. The number of aryl methyl sites for hydroxylation is 2. The fraction of sp³-hybridized carbons (Fsp3) is 0.350. The average molecular weight is 334 g/mol. The minimum Gasteiger partial charge on any atom is -0.493 e. The third-order valence-electron chi connectivity index (χ3n) is 4.75. The van der Waals surface area contributed by atoms with Crippen molar-refractivity contribution in [3.8, 4) is 17.0 Å². The zero-order valence-electron chi connectivity index (χ0n) is 14.4. The van der Waals surface area contributed by atoms with E-state index in [1.165, 1.54) is 24.7 Å².